The zero-order valence-corrected chi connectivity index (χ0v) is 4.73. The molecule has 0 aliphatic rings. The molecule has 0 amide bonds. The van der Waals surface area contributed by atoms with Crippen LogP contribution in [0.4, 0.5) is 0 Å². The second kappa shape index (κ2) is 9.18. The molecule has 0 spiro atoms. The van der Waals surface area contributed by atoms with Gasteiger partial charge in [-0.2, -0.15) is 0 Å². The first kappa shape index (κ1) is 15.9. The number of carboxylic acids is 1. The van der Waals surface area contributed by atoms with Gasteiger partial charge in [-0.25, -0.2) is 0 Å². The van der Waals surface area contributed by atoms with E-state index in [0.717, 1.165) is 6.92 Å². The Labute approximate surface area is 64.8 Å². The third-order valence-electron chi connectivity index (χ3n) is 0. The fourth-order valence-electron chi connectivity index (χ4n) is 0. The number of carboxylic acid groups (broad SMARTS) is 1. The van der Waals surface area contributed by atoms with Gasteiger partial charge in [-0.1, -0.05) is 0 Å². The van der Waals surface area contributed by atoms with E-state index in [1.54, 1.807) is 0 Å². The molecule has 0 bridgehead atoms. The summed E-state index contributed by atoms with van der Waals surface area (Å²) >= 11 is 0. The molecule has 0 saturated heterocycles. The summed E-state index contributed by atoms with van der Waals surface area (Å²) in [6.45, 7) is 0.972. The van der Waals surface area contributed by atoms with Crippen molar-refractivity contribution in [2.45, 2.75) is 6.92 Å². The Balaban J connectivity index is -0.0000000450. The van der Waals surface area contributed by atoms with E-state index < -0.39 is 5.97 Å². The van der Waals surface area contributed by atoms with Gasteiger partial charge in [-0.3, -0.25) is 0 Å². The molecule has 4 heteroatoms. The number of rotatable bonds is 0. The van der Waals surface area contributed by atoms with E-state index in [9.17, 15) is 0 Å². The van der Waals surface area contributed by atoms with Crippen molar-refractivity contribution >= 4 is 5.97 Å². The van der Waals surface area contributed by atoms with Gasteiger partial charge in [0.1, 0.15) is 0 Å². The smallest absolute Gasteiger partial charge is 0.550 e. The van der Waals surface area contributed by atoms with Gasteiger partial charge in [0.05, 0.1) is 0 Å². The topological polar surface area (TPSA) is 71.6 Å². The van der Waals surface area contributed by atoms with E-state index in [1.165, 1.54) is 0 Å². The minimum atomic E-state index is -1.08. The van der Waals surface area contributed by atoms with E-state index in [0.29, 0.717) is 0 Å². The number of hydrogen-bond donors (Lipinski definition) is 0. The standard InChI is InChI=1S/C2H4O2.Lu.H2O/c1-2(3)4;;/h1H3,(H,3,4);;1H2/q;+3;/p-1. The van der Waals surface area contributed by atoms with Crippen LogP contribution < -0.4 is 5.11 Å². The molecule has 0 saturated carbocycles. The fraction of sp³-hybridized carbons (Fsp3) is 0.500. The zero-order valence-electron chi connectivity index (χ0n) is 3.07. The van der Waals surface area contributed by atoms with Gasteiger partial charge in [-0.05, 0) is 6.92 Å². The van der Waals surface area contributed by atoms with Crippen molar-refractivity contribution < 1.29 is 52.3 Å². The summed E-state index contributed by atoms with van der Waals surface area (Å²) in [6, 6.07) is 0. The quantitative estimate of drug-likeness (QED) is 0.497. The van der Waals surface area contributed by atoms with Crippen molar-refractivity contribution in [1.82, 2.24) is 0 Å². The largest absolute Gasteiger partial charge is 3.00 e. The first-order valence-corrected chi connectivity index (χ1v) is 0.908. The average molecular weight is 252 g/mol. The minimum absolute atomic E-state index is 0. The number of carbonyl (C=O) groups is 1. The predicted molar refractivity (Wildman–Crippen MR) is 14.3 cm³/mol. The molecule has 0 aliphatic carbocycles. The van der Waals surface area contributed by atoms with E-state index in [-0.39, 0.29) is 42.4 Å². The molecule has 6 heavy (non-hydrogen) atoms. The molecule has 0 heterocycles. The van der Waals surface area contributed by atoms with Crippen LogP contribution in [0, 0.1) is 36.9 Å². The molecule has 0 atom stereocenters. The molecule has 2 N–H and O–H groups in total. The Kier molecular flexibility index (Phi) is 24.4. The van der Waals surface area contributed by atoms with Crippen molar-refractivity contribution in [3.8, 4) is 0 Å². The van der Waals surface area contributed by atoms with Crippen molar-refractivity contribution in [3.63, 3.8) is 0 Å². The minimum Gasteiger partial charge on any atom is -0.550 e. The summed E-state index contributed by atoms with van der Waals surface area (Å²) < 4.78 is 0. The molecule has 0 aromatic heterocycles. The number of carbonyl (C=O) groups excluding carboxylic acids is 1. The number of aliphatic carboxylic acids is 1. The third-order valence-corrected chi connectivity index (χ3v) is 0. The Morgan fingerprint density at radius 2 is 1.67 bits per heavy atom. The maximum Gasteiger partial charge on any atom is 3.00 e. The first-order chi connectivity index (χ1) is 1.73. The monoisotopic (exact) mass is 252 g/mol. The molecule has 0 aliphatic heterocycles. The normalized spacial score (nSPS) is 4.17. The van der Waals surface area contributed by atoms with Gasteiger partial charge in [0, 0.05) is 5.97 Å². The van der Waals surface area contributed by atoms with Crippen LogP contribution >= 0.6 is 0 Å². The Hall–Kier alpha value is 0.664. The third kappa shape index (κ3) is 142. The van der Waals surface area contributed by atoms with Crippen LogP contribution in [-0.2, 0) is 4.79 Å². The average Bonchev–Trinajstić information content (AvgIpc) is 0.811. The SMILES string of the molecule is CC(=O)[O-].O.[Lu+3]. The maximum atomic E-state index is 8.89. The second-order valence-corrected chi connectivity index (χ2v) is 0.492. The van der Waals surface area contributed by atoms with Gasteiger partial charge < -0.3 is 15.4 Å². The van der Waals surface area contributed by atoms with Crippen LogP contribution in [0.25, 0.3) is 0 Å². The molecular formula is C2H5LuO3+2. The van der Waals surface area contributed by atoms with Gasteiger partial charge in [0.15, 0.2) is 0 Å². The molecule has 0 aromatic carbocycles. The molecule has 0 fully saturated rings. The summed E-state index contributed by atoms with van der Waals surface area (Å²) in [4.78, 5) is 8.89. The van der Waals surface area contributed by atoms with Crippen LogP contribution in [0.15, 0.2) is 0 Å². The van der Waals surface area contributed by atoms with E-state index in [4.69, 9.17) is 9.90 Å². The van der Waals surface area contributed by atoms with Crippen molar-refractivity contribution in [3.05, 3.63) is 0 Å². The number of hydrogen-bond acceptors (Lipinski definition) is 2. The molecule has 3 nitrogen and oxygen atoms in total. The molecule has 0 unspecified atom stereocenters. The molecule has 44 valence electrons. The van der Waals surface area contributed by atoms with Crippen LogP contribution in [0.5, 0.6) is 0 Å². The van der Waals surface area contributed by atoms with Gasteiger partial charge in [0.2, 0.25) is 0 Å². The van der Waals surface area contributed by atoms with E-state index in [2.05, 4.69) is 0 Å². The van der Waals surface area contributed by atoms with Crippen molar-refractivity contribution in [2.75, 3.05) is 0 Å². The van der Waals surface area contributed by atoms with Crippen LogP contribution in [0.1, 0.15) is 6.92 Å². The van der Waals surface area contributed by atoms with Crippen LogP contribution in [0.3, 0.4) is 0 Å². The summed E-state index contributed by atoms with van der Waals surface area (Å²) in [6.07, 6.45) is 0. The van der Waals surface area contributed by atoms with Crippen molar-refractivity contribution in [2.24, 2.45) is 0 Å². The molecular weight excluding hydrogens is 247 g/mol. The van der Waals surface area contributed by atoms with Crippen LogP contribution in [-0.4, -0.2) is 11.4 Å². The van der Waals surface area contributed by atoms with Crippen LogP contribution in [0.2, 0.25) is 0 Å². The zero-order chi connectivity index (χ0) is 3.58. The van der Waals surface area contributed by atoms with E-state index >= 15 is 0 Å². The predicted octanol–water partition coefficient (Wildman–Crippen LogP) is -2.07. The Morgan fingerprint density at radius 3 is 1.67 bits per heavy atom. The van der Waals surface area contributed by atoms with Crippen molar-refractivity contribution in [1.29, 1.82) is 0 Å². The van der Waals surface area contributed by atoms with Gasteiger partial charge >= 0.3 is 36.9 Å². The first-order valence-electron chi connectivity index (χ1n) is 0.908. The fourth-order valence-corrected chi connectivity index (χ4v) is 0. The summed E-state index contributed by atoms with van der Waals surface area (Å²) in [5.74, 6) is -1.08. The Bertz CT molecular complexity index is 31.8. The van der Waals surface area contributed by atoms with Gasteiger partial charge in [0.25, 0.3) is 0 Å². The molecule has 0 aromatic rings. The molecule has 0 rings (SSSR count). The summed E-state index contributed by atoms with van der Waals surface area (Å²) in [5.41, 5.74) is 0. The van der Waals surface area contributed by atoms with E-state index in [1.807, 2.05) is 0 Å². The second-order valence-electron chi connectivity index (χ2n) is 0.492. The maximum absolute atomic E-state index is 8.89. The Morgan fingerprint density at radius 1 is 1.67 bits per heavy atom. The summed E-state index contributed by atoms with van der Waals surface area (Å²) in [5, 5.41) is 8.89. The molecule has 0 radical (unpaired) electrons. The summed E-state index contributed by atoms with van der Waals surface area (Å²) in [7, 11) is 0. The van der Waals surface area contributed by atoms with Gasteiger partial charge in [-0.15, -0.1) is 0 Å².